The van der Waals surface area contributed by atoms with E-state index in [2.05, 4.69) is 31.8 Å². The van der Waals surface area contributed by atoms with Gasteiger partial charge in [0.05, 0.1) is 12.8 Å². The van der Waals surface area contributed by atoms with Gasteiger partial charge in [-0.15, -0.1) is 0 Å². The van der Waals surface area contributed by atoms with Crippen LogP contribution in [0, 0.1) is 0 Å². The summed E-state index contributed by atoms with van der Waals surface area (Å²) < 4.78 is 0.998. The van der Waals surface area contributed by atoms with E-state index in [0.29, 0.717) is 0 Å². The first-order valence-corrected chi connectivity index (χ1v) is 7.92. The van der Waals surface area contributed by atoms with E-state index in [-0.39, 0.29) is 12.5 Å². The molecule has 0 spiro atoms. The SMILES string of the molecule is CN(C)c1ccc(/C=N\NC(=O)CNc2ccc(Br)cc2)cc1. The molecule has 0 aromatic heterocycles. The van der Waals surface area contributed by atoms with Gasteiger partial charge in [0.15, 0.2) is 0 Å². The van der Waals surface area contributed by atoms with E-state index in [1.54, 1.807) is 6.21 Å². The van der Waals surface area contributed by atoms with Crippen molar-refractivity contribution in [3.63, 3.8) is 0 Å². The Bertz CT molecular complexity index is 666. The second-order valence-electron chi connectivity index (χ2n) is 5.14. The van der Waals surface area contributed by atoms with Crippen molar-refractivity contribution in [3.8, 4) is 0 Å². The molecule has 23 heavy (non-hydrogen) atoms. The fourth-order valence-electron chi connectivity index (χ4n) is 1.83. The fourth-order valence-corrected chi connectivity index (χ4v) is 2.09. The van der Waals surface area contributed by atoms with Crippen LogP contribution in [0.3, 0.4) is 0 Å². The molecule has 0 heterocycles. The Morgan fingerprint density at radius 2 is 1.78 bits per heavy atom. The standard InChI is InChI=1S/C17H19BrN4O/c1-22(2)16-9-3-13(4-10-16)11-20-21-17(23)12-19-15-7-5-14(18)6-8-15/h3-11,19H,12H2,1-2H3,(H,21,23)/b20-11-. The molecule has 120 valence electrons. The van der Waals surface area contributed by atoms with Crippen molar-refractivity contribution in [3.05, 3.63) is 58.6 Å². The van der Waals surface area contributed by atoms with Crippen molar-refractivity contribution in [1.82, 2.24) is 5.43 Å². The number of nitrogens with one attached hydrogen (secondary N) is 2. The van der Waals surface area contributed by atoms with Crippen LogP contribution in [-0.4, -0.2) is 32.8 Å². The lowest BCUT2D eigenvalue weighted by molar-refractivity contribution is -0.119. The van der Waals surface area contributed by atoms with Crippen LogP contribution in [0.25, 0.3) is 0 Å². The summed E-state index contributed by atoms with van der Waals surface area (Å²) in [6.45, 7) is 0.165. The summed E-state index contributed by atoms with van der Waals surface area (Å²) in [6, 6.07) is 15.5. The molecule has 2 rings (SSSR count). The number of carbonyl (C=O) groups is 1. The molecule has 0 radical (unpaired) electrons. The number of benzene rings is 2. The maximum absolute atomic E-state index is 11.7. The van der Waals surface area contributed by atoms with Crippen LogP contribution in [-0.2, 0) is 4.79 Å². The van der Waals surface area contributed by atoms with Gasteiger partial charge in [-0.25, -0.2) is 5.43 Å². The van der Waals surface area contributed by atoms with Crippen LogP contribution in [0.5, 0.6) is 0 Å². The first-order valence-electron chi connectivity index (χ1n) is 7.13. The number of anilines is 2. The van der Waals surface area contributed by atoms with Gasteiger partial charge in [0.1, 0.15) is 0 Å². The zero-order chi connectivity index (χ0) is 16.7. The number of halogens is 1. The molecular weight excluding hydrogens is 356 g/mol. The third-order valence-electron chi connectivity index (χ3n) is 3.11. The van der Waals surface area contributed by atoms with Crippen LogP contribution in [0.15, 0.2) is 58.1 Å². The monoisotopic (exact) mass is 374 g/mol. The lowest BCUT2D eigenvalue weighted by atomic mass is 10.2. The molecule has 0 aliphatic carbocycles. The lowest BCUT2D eigenvalue weighted by Crippen LogP contribution is -2.25. The van der Waals surface area contributed by atoms with Crippen LogP contribution in [0.1, 0.15) is 5.56 Å². The van der Waals surface area contributed by atoms with Crippen LogP contribution >= 0.6 is 15.9 Å². The Balaban J connectivity index is 1.78. The second-order valence-corrected chi connectivity index (χ2v) is 6.06. The molecule has 0 atom stereocenters. The average Bonchev–Trinajstić information content (AvgIpc) is 2.55. The van der Waals surface area contributed by atoms with Crippen molar-refractivity contribution < 1.29 is 4.79 Å². The van der Waals surface area contributed by atoms with Gasteiger partial charge in [-0.1, -0.05) is 28.1 Å². The summed E-state index contributed by atoms with van der Waals surface area (Å²) >= 11 is 3.37. The summed E-state index contributed by atoms with van der Waals surface area (Å²) in [5.41, 5.74) is 5.42. The van der Waals surface area contributed by atoms with Crippen LogP contribution in [0.2, 0.25) is 0 Å². The van der Waals surface area contributed by atoms with E-state index < -0.39 is 0 Å². The van der Waals surface area contributed by atoms with Gasteiger partial charge in [0.25, 0.3) is 5.91 Å². The normalized spacial score (nSPS) is 10.6. The van der Waals surface area contributed by atoms with E-state index in [0.717, 1.165) is 21.4 Å². The van der Waals surface area contributed by atoms with E-state index in [1.807, 2.05) is 67.5 Å². The highest BCUT2D eigenvalue weighted by molar-refractivity contribution is 9.10. The Morgan fingerprint density at radius 3 is 2.39 bits per heavy atom. The smallest absolute Gasteiger partial charge is 0.259 e. The van der Waals surface area contributed by atoms with E-state index in [9.17, 15) is 4.79 Å². The third kappa shape index (κ3) is 5.75. The van der Waals surface area contributed by atoms with Crippen molar-refractivity contribution in [1.29, 1.82) is 0 Å². The zero-order valence-corrected chi connectivity index (χ0v) is 14.7. The molecule has 0 aliphatic heterocycles. The highest BCUT2D eigenvalue weighted by Crippen LogP contribution is 2.13. The molecule has 0 fully saturated rings. The summed E-state index contributed by atoms with van der Waals surface area (Å²) in [7, 11) is 3.98. The minimum Gasteiger partial charge on any atom is -0.378 e. The van der Waals surface area contributed by atoms with Gasteiger partial charge in [-0.3, -0.25) is 4.79 Å². The van der Waals surface area contributed by atoms with E-state index >= 15 is 0 Å². The van der Waals surface area contributed by atoms with Gasteiger partial charge in [0, 0.05) is 29.9 Å². The predicted molar refractivity (Wildman–Crippen MR) is 99.1 cm³/mol. The molecule has 0 unspecified atom stereocenters. The van der Waals surface area contributed by atoms with Gasteiger partial charge in [-0.2, -0.15) is 5.10 Å². The quantitative estimate of drug-likeness (QED) is 0.603. The number of nitrogens with zero attached hydrogens (tertiary/aromatic N) is 2. The molecule has 6 heteroatoms. The third-order valence-corrected chi connectivity index (χ3v) is 3.64. The molecule has 2 N–H and O–H groups in total. The molecule has 0 aliphatic rings. The lowest BCUT2D eigenvalue weighted by Gasteiger charge is -2.11. The van der Waals surface area contributed by atoms with Gasteiger partial charge in [-0.05, 0) is 42.0 Å². The maximum atomic E-state index is 11.7. The molecule has 0 bridgehead atoms. The van der Waals surface area contributed by atoms with Crippen LogP contribution in [0.4, 0.5) is 11.4 Å². The summed E-state index contributed by atoms with van der Waals surface area (Å²) in [5.74, 6) is -0.200. The summed E-state index contributed by atoms with van der Waals surface area (Å²) in [4.78, 5) is 13.7. The average molecular weight is 375 g/mol. The topological polar surface area (TPSA) is 56.7 Å². The predicted octanol–water partition coefficient (Wildman–Crippen LogP) is 3.08. The first kappa shape index (κ1) is 17.0. The minimum atomic E-state index is -0.200. The molecule has 2 aromatic carbocycles. The van der Waals surface area contributed by atoms with Crippen LogP contribution < -0.4 is 15.6 Å². The highest BCUT2D eigenvalue weighted by Gasteiger charge is 1.99. The van der Waals surface area contributed by atoms with Gasteiger partial charge >= 0.3 is 0 Å². The maximum Gasteiger partial charge on any atom is 0.259 e. The fraction of sp³-hybridized carbons (Fsp3) is 0.176. The van der Waals surface area contributed by atoms with E-state index in [1.165, 1.54) is 0 Å². The number of carbonyl (C=O) groups excluding carboxylic acids is 1. The zero-order valence-electron chi connectivity index (χ0n) is 13.1. The van der Waals surface area contributed by atoms with Gasteiger partial charge < -0.3 is 10.2 Å². The summed E-state index contributed by atoms with van der Waals surface area (Å²) in [6.07, 6.45) is 1.62. The summed E-state index contributed by atoms with van der Waals surface area (Å²) in [5, 5.41) is 6.98. The largest absolute Gasteiger partial charge is 0.378 e. The second kappa shape index (κ2) is 8.33. The first-order chi connectivity index (χ1) is 11.0. The number of hydrogen-bond acceptors (Lipinski definition) is 4. The van der Waals surface area contributed by atoms with Crippen molar-refractivity contribution in [2.45, 2.75) is 0 Å². The van der Waals surface area contributed by atoms with E-state index in [4.69, 9.17) is 0 Å². The molecule has 0 saturated heterocycles. The molecule has 0 saturated carbocycles. The Labute approximate surface area is 144 Å². The molecule has 1 amide bonds. The Morgan fingerprint density at radius 1 is 1.13 bits per heavy atom. The Kier molecular flexibility index (Phi) is 6.17. The number of amides is 1. The molecule has 2 aromatic rings. The van der Waals surface area contributed by atoms with Crippen molar-refractivity contribution >= 4 is 39.4 Å². The molecule has 5 nitrogen and oxygen atoms in total. The number of rotatable bonds is 6. The van der Waals surface area contributed by atoms with Gasteiger partial charge in [0.2, 0.25) is 0 Å². The number of hydrazone groups is 1. The van der Waals surface area contributed by atoms with Crippen molar-refractivity contribution in [2.24, 2.45) is 5.10 Å². The minimum absolute atomic E-state index is 0.165. The Hall–Kier alpha value is -2.34. The number of hydrogen-bond donors (Lipinski definition) is 2. The van der Waals surface area contributed by atoms with Crippen molar-refractivity contribution in [2.75, 3.05) is 30.9 Å². The molecular formula is C17H19BrN4O. The highest BCUT2D eigenvalue weighted by atomic mass is 79.9.